The standard InChI is InChI=1S/C17H19ClFNO3/c1-2-16(21)20(7-11-4-3-5-14(19)17(11)18)8-13-6-12-9-22-10-15(12)23-13/h2-5,12-13,15H,1,6-10H2/t12-,13?,15+/m1/s1. The van der Waals surface area contributed by atoms with Crippen molar-refractivity contribution in [2.24, 2.45) is 5.92 Å². The van der Waals surface area contributed by atoms with Crippen LogP contribution in [0.3, 0.4) is 0 Å². The Kier molecular flexibility index (Phi) is 4.99. The first-order chi connectivity index (χ1) is 11.1. The van der Waals surface area contributed by atoms with Gasteiger partial charge in [0.25, 0.3) is 0 Å². The molecule has 1 aromatic rings. The average Bonchev–Trinajstić information content (AvgIpc) is 3.11. The molecule has 1 unspecified atom stereocenters. The minimum absolute atomic E-state index is 0.0369. The Morgan fingerprint density at radius 3 is 3.04 bits per heavy atom. The van der Waals surface area contributed by atoms with E-state index in [1.165, 1.54) is 12.1 Å². The van der Waals surface area contributed by atoms with Gasteiger partial charge in [-0.25, -0.2) is 4.39 Å². The summed E-state index contributed by atoms with van der Waals surface area (Å²) in [6.07, 6.45) is 2.21. The van der Waals surface area contributed by atoms with Crippen molar-refractivity contribution in [2.45, 2.75) is 25.2 Å². The van der Waals surface area contributed by atoms with Crippen molar-refractivity contribution in [3.63, 3.8) is 0 Å². The fourth-order valence-corrected chi connectivity index (χ4v) is 3.38. The number of ether oxygens (including phenoxy) is 2. The lowest BCUT2D eigenvalue weighted by Gasteiger charge is -2.25. The zero-order valence-corrected chi connectivity index (χ0v) is 13.5. The lowest BCUT2D eigenvalue weighted by Crippen LogP contribution is -2.36. The summed E-state index contributed by atoms with van der Waals surface area (Å²) in [5, 5.41) is 0.0481. The van der Waals surface area contributed by atoms with Crippen LogP contribution in [-0.4, -0.2) is 42.8 Å². The molecule has 124 valence electrons. The molecule has 0 aliphatic carbocycles. The molecule has 1 aromatic carbocycles. The summed E-state index contributed by atoms with van der Waals surface area (Å²) in [4.78, 5) is 13.7. The molecule has 0 N–H and O–H groups in total. The highest BCUT2D eigenvalue weighted by molar-refractivity contribution is 6.31. The summed E-state index contributed by atoms with van der Waals surface area (Å²) in [5.74, 6) is -0.306. The topological polar surface area (TPSA) is 38.8 Å². The van der Waals surface area contributed by atoms with Gasteiger partial charge in [0, 0.05) is 19.0 Å². The predicted molar refractivity (Wildman–Crippen MR) is 84.6 cm³/mol. The predicted octanol–water partition coefficient (Wildman–Crippen LogP) is 2.80. The van der Waals surface area contributed by atoms with Gasteiger partial charge in [-0.05, 0) is 24.1 Å². The molecule has 2 aliphatic rings. The molecule has 3 atom stereocenters. The minimum Gasteiger partial charge on any atom is -0.378 e. The number of nitrogens with zero attached hydrogens (tertiary/aromatic N) is 1. The number of amides is 1. The Hall–Kier alpha value is -1.43. The van der Waals surface area contributed by atoms with Crippen LogP contribution >= 0.6 is 11.6 Å². The van der Waals surface area contributed by atoms with E-state index in [1.807, 2.05) is 0 Å². The summed E-state index contributed by atoms with van der Waals surface area (Å²) in [6.45, 7) is 5.53. The third-order valence-corrected chi connectivity index (χ3v) is 4.80. The van der Waals surface area contributed by atoms with E-state index in [2.05, 4.69) is 6.58 Å². The summed E-state index contributed by atoms with van der Waals surface area (Å²) < 4.78 is 24.9. The average molecular weight is 340 g/mol. The molecule has 2 fully saturated rings. The molecule has 23 heavy (non-hydrogen) atoms. The van der Waals surface area contributed by atoms with Crippen molar-refractivity contribution in [2.75, 3.05) is 19.8 Å². The Morgan fingerprint density at radius 1 is 1.48 bits per heavy atom. The zero-order valence-electron chi connectivity index (χ0n) is 12.7. The van der Waals surface area contributed by atoms with E-state index in [0.29, 0.717) is 31.2 Å². The largest absolute Gasteiger partial charge is 0.378 e. The number of hydrogen-bond donors (Lipinski definition) is 0. The van der Waals surface area contributed by atoms with Crippen LogP contribution in [-0.2, 0) is 20.8 Å². The number of fused-ring (bicyclic) bond motifs is 1. The first-order valence-electron chi connectivity index (χ1n) is 7.66. The number of rotatable bonds is 5. The van der Waals surface area contributed by atoms with E-state index in [-0.39, 0.29) is 29.7 Å². The Balaban J connectivity index is 1.70. The number of carbonyl (C=O) groups is 1. The number of halogens is 2. The second-order valence-corrected chi connectivity index (χ2v) is 6.34. The SMILES string of the molecule is C=CC(=O)N(Cc1cccc(F)c1Cl)CC1C[C@@H]2COC[C@@H]2O1. The third-order valence-electron chi connectivity index (χ3n) is 4.38. The molecule has 2 heterocycles. The van der Waals surface area contributed by atoms with Crippen LogP contribution in [0.4, 0.5) is 4.39 Å². The van der Waals surface area contributed by atoms with Gasteiger partial charge in [-0.15, -0.1) is 0 Å². The normalized spacial score (nSPS) is 26.1. The van der Waals surface area contributed by atoms with Crippen molar-refractivity contribution in [3.05, 3.63) is 47.3 Å². The summed E-state index contributed by atoms with van der Waals surface area (Å²) in [7, 11) is 0. The van der Waals surface area contributed by atoms with E-state index >= 15 is 0 Å². The van der Waals surface area contributed by atoms with Crippen LogP contribution in [0.15, 0.2) is 30.9 Å². The third kappa shape index (κ3) is 3.57. The molecule has 2 saturated heterocycles. The molecule has 4 nitrogen and oxygen atoms in total. The Morgan fingerprint density at radius 2 is 2.30 bits per heavy atom. The molecule has 0 aromatic heterocycles. The molecule has 0 spiro atoms. The Labute approximate surface area is 139 Å². The highest BCUT2D eigenvalue weighted by Crippen LogP contribution is 2.32. The lowest BCUT2D eigenvalue weighted by molar-refractivity contribution is -0.128. The molecular formula is C17H19ClFNO3. The van der Waals surface area contributed by atoms with Crippen LogP contribution in [0.2, 0.25) is 5.02 Å². The van der Waals surface area contributed by atoms with Crippen LogP contribution in [0.5, 0.6) is 0 Å². The van der Waals surface area contributed by atoms with Gasteiger partial charge in [0.2, 0.25) is 5.91 Å². The number of benzene rings is 1. The van der Waals surface area contributed by atoms with Crippen molar-refractivity contribution in [1.82, 2.24) is 4.90 Å². The van der Waals surface area contributed by atoms with Crippen LogP contribution in [0, 0.1) is 11.7 Å². The zero-order chi connectivity index (χ0) is 16.4. The summed E-state index contributed by atoms with van der Waals surface area (Å²) >= 11 is 5.99. The smallest absolute Gasteiger partial charge is 0.246 e. The van der Waals surface area contributed by atoms with E-state index in [4.69, 9.17) is 21.1 Å². The second kappa shape index (κ2) is 6.99. The molecule has 2 aliphatic heterocycles. The molecule has 0 bridgehead atoms. The van der Waals surface area contributed by atoms with Gasteiger partial charge in [-0.1, -0.05) is 30.3 Å². The maximum Gasteiger partial charge on any atom is 0.246 e. The first kappa shape index (κ1) is 16.4. The lowest BCUT2D eigenvalue weighted by atomic mass is 10.0. The van der Waals surface area contributed by atoms with Crippen LogP contribution in [0.1, 0.15) is 12.0 Å². The van der Waals surface area contributed by atoms with E-state index in [1.54, 1.807) is 17.0 Å². The molecule has 6 heteroatoms. The molecule has 0 radical (unpaired) electrons. The molecular weight excluding hydrogens is 321 g/mol. The highest BCUT2D eigenvalue weighted by atomic mass is 35.5. The Bertz CT molecular complexity index is 598. The van der Waals surface area contributed by atoms with Crippen LogP contribution < -0.4 is 0 Å². The van der Waals surface area contributed by atoms with E-state index in [9.17, 15) is 9.18 Å². The van der Waals surface area contributed by atoms with Crippen LogP contribution in [0.25, 0.3) is 0 Å². The van der Waals surface area contributed by atoms with Crippen molar-refractivity contribution in [1.29, 1.82) is 0 Å². The highest BCUT2D eigenvalue weighted by Gasteiger charge is 2.40. The molecule has 1 amide bonds. The van der Waals surface area contributed by atoms with Gasteiger partial charge >= 0.3 is 0 Å². The van der Waals surface area contributed by atoms with Gasteiger partial charge in [0.1, 0.15) is 5.82 Å². The van der Waals surface area contributed by atoms with E-state index in [0.717, 1.165) is 6.42 Å². The summed E-state index contributed by atoms with van der Waals surface area (Å²) in [5.41, 5.74) is 0.573. The quantitative estimate of drug-likeness (QED) is 0.774. The molecule has 0 saturated carbocycles. The van der Waals surface area contributed by atoms with Crippen molar-refractivity contribution in [3.8, 4) is 0 Å². The maximum atomic E-state index is 13.6. The minimum atomic E-state index is -0.487. The first-order valence-corrected chi connectivity index (χ1v) is 8.03. The van der Waals surface area contributed by atoms with Crippen molar-refractivity contribution >= 4 is 17.5 Å². The monoisotopic (exact) mass is 339 g/mol. The van der Waals surface area contributed by atoms with Gasteiger partial charge in [0.15, 0.2) is 0 Å². The van der Waals surface area contributed by atoms with Gasteiger partial charge < -0.3 is 14.4 Å². The number of carbonyl (C=O) groups excluding carboxylic acids is 1. The maximum absolute atomic E-state index is 13.6. The van der Waals surface area contributed by atoms with Gasteiger partial charge in [0.05, 0.1) is 30.4 Å². The number of hydrogen-bond acceptors (Lipinski definition) is 3. The fraction of sp³-hybridized carbons (Fsp3) is 0.471. The summed E-state index contributed by atoms with van der Waals surface area (Å²) in [6, 6.07) is 4.60. The molecule has 3 rings (SSSR count). The van der Waals surface area contributed by atoms with Crippen molar-refractivity contribution < 1.29 is 18.7 Å². The van der Waals surface area contributed by atoms with Gasteiger partial charge in [-0.3, -0.25) is 4.79 Å². The fourth-order valence-electron chi connectivity index (χ4n) is 3.19. The van der Waals surface area contributed by atoms with E-state index < -0.39 is 5.82 Å². The second-order valence-electron chi connectivity index (χ2n) is 5.97. The van der Waals surface area contributed by atoms with Gasteiger partial charge in [-0.2, -0.15) is 0 Å².